The van der Waals surface area contributed by atoms with E-state index in [0.717, 1.165) is 5.52 Å². The van der Waals surface area contributed by atoms with Gasteiger partial charge in [0.05, 0.1) is 5.52 Å². The van der Waals surface area contributed by atoms with Gasteiger partial charge in [0.15, 0.2) is 0 Å². The van der Waals surface area contributed by atoms with Crippen LogP contribution in [-0.4, -0.2) is 4.98 Å². The molecule has 1 aliphatic rings. The lowest BCUT2D eigenvalue weighted by Crippen LogP contribution is -2.29. The molecule has 3 heteroatoms. The van der Waals surface area contributed by atoms with Crippen LogP contribution in [0.5, 0.6) is 0 Å². The molecule has 1 saturated carbocycles. The third-order valence-corrected chi connectivity index (χ3v) is 3.29. The van der Waals surface area contributed by atoms with Crippen LogP contribution in [0.4, 0.5) is 0 Å². The molecule has 0 saturated heterocycles. The van der Waals surface area contributed by atoms with Gasteiger partial charge >= 0.3 is 0 Å². The summed E-state index contributed by atoms with van der Waals surface area (Å²) in [7, 11) is 0. The highest BCUT2D eigenvalue weighted by molar-refractivity contribution is 5.82. The molecule has 1 atom stereocenters. The first-order valence-electron chi connectivity index (χ1n) is 5.70. The number of benzene rings is 1. The summed E-state index contributed by atoms with van der Waals surface area (Å²) >= 11 is 0. The van der Waals surface area contributed by atoms with Crippen molar-refractivity contribution < 1.29 is 0 Å². The second-order valence-electron chi connectivity index (χ2n) is 4.40. The van der Waals surface area contributed by atoms with Crippen LogP contribution in [0.15, 0.2) is 36.5 Å². The van der Waals surface area contributed by atoms with Gasteiger partial charge in [-0.25, -0.2) is 0 Å². The average Bonchev–Trinajstić information content (AvgIpc) is 3.15. The van der Waals surface area contributed by atoms with Crippen LogP contribution in [0.3, 0.4) is 0 Å². The second-order valence-corrected chi connectivity index (χ2v) is 4.40. The molecule has 3 N–H and O–H groups in total. The summed E-state index contributed by atoms with van der Waals surface area (Å²) in [5.74, 6) is 6.36. The maximum Gasteiger partial charge on any atom is 0.0705 e. The molecule has 82 valence electrons. The molecule has 1 aliphatic carbocycles. The molecule has 0 bridgehead atoms. The zero-order valence-corrected chi connectivity index (χ0v) is 9.06. The predicted molar refractivity (Wildman–Crippen MR) is 64.5 cm³/mol. The summed E-state index contributed by atoms with van der Waals surface area (Å²) in [4.78, 5) is 4.37. The van der Waals surface area contributed by atoms with Crippen LogP contribution in [0, 0.1) is 5.92 Å². The number of hydrogen-bond acceptors (Lipinski definition) is 3. The zero-order valence-electron chi connectivity index (χ0n) is 9.06. The van der Waals surface area contributed by atoms with E-state index in [-0.39, 0.29) is 6.04 Å². The minimum absolute atomic E-state index is 0.271. The Morgan fingerprint density at radius 3 is 2.88 bits per heavy atom. The molecule has 0 spiro atoms. The molecule has 1 fully saturated rings. The fourth-order valence-electron chi connectivity index (χ4n) is 2.31. The third-order valence-electron chi connectivity index (χ3n) is 3.29. The van der Waals surface area contributed by atoms with Crippen LogP contribution in [0.2, 0.25) is 0 Å². The highest BCUT2D eigenvalue weighted by atomic mass is 15.2. The number of nitrogens with two attached hydrogens (primary N) is 1. The number of hydrogen-bond donors (Lipinski definition) is 2. The van der Waals surface area contributed by atoms with Crippen LogP contribution >= 0.6 is 0 Å². The van der Waals surface area contributed by atoms with E-state index in [4.69, 9.17) is 5.84 Å². The van der Waals surface area contributed by atoms with E-state index in [2.05, 4.69) is 28.6 Å². The minimum Gasteiger partial charge on any atom is -0.271 e. The Labute approximate surface area is 94.6 Å². The van der Waals surface area contributed by atoms with Crippen molar-refractivity contribution in [2.45, 2.75) is 18.9 Å². The molecule has 1 aromatic heterocycles. The summed E-state index contributed by atoms with van der Waals surface area (Å²) in [5.41, 5.74) is 5.26. The number of pyridine rings is 1. The van der Waals surface area contributed by atoms with Crippen molar-refractivity contribution in [2.75, 3.05) is 0 Å². The highest BCUT2D eigenvalue weighted by Crippen LogP contribution is 2.42. The summed E-state index contributed by atoms with van der Waals surface area (Å²) in [6.07, 6.45) is 4.37. The molecular formula is C13H15N3. The van der Waals surface area contributed by atoms with E-state index in [0.29, 0.717) is 5.92 Å². The highest BCUT2D eigenvalue weighted by Gasteiger charge is 2.32. The molecule has 0 aliphatic heterocycles. The van der Waals surface area contributed by atoms with E-state index >= 15 is 0 Å². The van der Waals surface area contributed by atoms with Gasteiger partial charge in [0.1, 0.15) is 0 Å². The maximum absolute atomic E-state index is 5.67. The van der Waals surface area contributed by atoms with Crippen molar-refractivity contribution in [3.8, 4) is 0 Å². The molecular weight excluding hydrogens is 198 g/mol. The Balaban J connectivity index is 2.14. The van der Waals surface area contributed by atoms with Gasteiger partial charge in [0.2, 0.25) is 0 Å². The third kappa shape index (κ3) is 1.58. The van der Waals surface area contributed by atoms with E-state index in [1.807, 2.05) is 18.3 Å². The van der Waals surface area contributed by atoms with E-state index in [9.17, 15) is 0 Å². The first-order chi connectivity index (χ1) is 7.90. The van der Waals surface area contributed by atoms with Crippen molar-refractivity contribution >= 4 is 10.9 Å². The van der Waals surface area contributed by atoms with Gasteiger partial charge in [-0.1, -0.05) is 18.2 Å². The van der Waals surface area contributed by atoms with Gasteiger partial charge in [-0.15, -0.1) is 0 Å². The van der Waals surface area contributed by atoms with Crippen molar-refractivity contribution in [1.82, 2.24) is 10.4 Å². The smallest absolute Gasteiger partial charge is 0.0705 e. The summed E-state index contributed by atoms with van der Waals surface area (Å²) in [5, 5.41) is 1.21. The molecule has 2 aromatic rings. The lowest BCUT2D eigenvalue weighted by atomic mass is 9.98. The number of nitrogens with one attached hydrogen (secondary N) is 1. The normalized spacial score (nSPS) is 17.6. The Morgan fingerprint density at radius 1 is 1.25 bits per heavy atom. The quantitative estimate of drug-likeness (QED) is 0.606. The number of aromatic nitrogens is 1. The molecule has 3 nitrogen and oxygen atoms in total. The number of rotatable bonds is 3. The molecule has 0 radical (unpaired) electrons. The molecule has 3 rings (SSSR count). The SMILES string of the molecule is NNC(c1cccc2ncccc12)C1CC1. The van der Waals surface area contributed by atoms with Gasteiger partial charge in [0.25, 0.3) is 0 Å². The van der Waals surface area contributed by atoms with Crippen LogP contribution in [0.1, 0.15) is 24.4 Å². The van der Waals surface area contributed by atoms with Crippen molar-refractivity contribution in [1.29, 1.82) is 0 Å². The zero-order chi connectivity index (χ0) is 11.0. The van der Waals surface area contributed by atoms with Gasteiger partial charge in [-0.05, 0) is 36.5 Å². The maximum atomic E-state index is 5.67. The molecule has 16 heavy (non-hydrogen) atoms. The number of fused-ring (bicyclic) bond motifs is 1. The summed E-state index contributed by atoms with van der Waals surface area (Å²) in [6.45, 7) is 0. The first-order valence-corrected chi connectivity index (χ1v) is 5.70. The van der Waals surface area contributed by atoms with Gasteiger partial charge < -0.3 is 0 Å². The second kappa shape index (κ2) is 3.85. The van der Waals surface area contributed by atoms with Gasteiger partial charge in [-0.2, -0.15) is 0 Å². The predicted octanol–water partition coefficient (Wildman–Crippen LogP) is 2.15. The van der Waals surface area contributed by atoms with Crippen molar-refractivity contribution in [3.05, 3.63) is 42.1 Å². The molecule has 1 aromatic carbocycles. The van der Waals surface area contributed by atoms with Crippen molar-refractivity contribution in [2.24, 2.45) is 11.8 Å². The van der Waals surface area contributed by atoms with E-state index < -0.39 is 0 Å². The largest absolute Gasteiger partial charge is 0.271 e. The Bertz CT molecular complexity index is 500. The fraction of sp³-hybridized carbons (Fsp3) is 0.308. The lowest BCUT2D eigenvalue weighted by Gasteiger charge is -2.17. The number of hydrazine groups is 1. The minimum atomic E-state index is 0.271. The van der Waals surface area contributed by atoms with Gasteiger partial charge in [-0.3, -0.25) is 16.3 Å². The summed E-state index contributed by atoms with van der Waals surface area (Å²) in [6, 6.07) is 10.6. The molecule has 1 heterocycles. The number of nitrogens with zero attached hydrogens (tertiary/aromatic N) is 1. The fourth-order valence-corrected chi connectivity index (χ4v) is 2.31. The monoisotopic (exact) mass is 213 g/mol. The van der Waals surface area contributed by atoms with Crippen molar-refractivity contribution in [3.63, 3.8) is 0 Å². The lowest BCUT2D eigenvalue weighted by molar-refractivity contribution is 0.500. The first kappa shape index (κ1) is 9.75. The topological polar surface area (TPSA) is 50.9 Å². The molecule has 1 unspecified atom stereocenters. The van der Waals surface area contributed by atoms with Crippen LogP contribution < -0.4 is 11.3 Å². The van der Waals surface area contributed by atoms with Crippen LogP contribution in [0.25, 0.3) is 10.9 Å². The van der Waals surface area contributed by atoms with E-state index in [1.165, 1.54) is 23.8 Å². The standard InChI is InChI=1S/C13H15N3/c14-16-13(9-6-7-9)11-3-1-5-12-10(11)4-2-8-15-12/h1-5,8-9,13,16H,6-7,14H2. The average molecular weight is 213 g/mol. The summed E-state index contributed by atoms with van der Waals surface area (Å²) < 4.78 is 0. The molecule has 0 amide bonds. The van der Waals surface area contributed by atoms with E-state index in [1.54, 1.807) is 0 Å². The van der Waals surface area contributed by atoms with Gasteiger partial charge in [0, 0.05) is 17.6 Å². The Kier molecular flexibility index (Phi) is 2.35. The van der Waals surface area contributed by atoms with Crippen LogP contribution in [-0.2, 0) is 0 Å². The Hall–Kier alpha value is -1.45. The Morgan fingerprint density at radius 2 is 2.12 bits per heavy atom.